The molecular formula is C30H38N4O4S. The van der Waals surface area contributed by atoms with Crippen molar-refractivity contribution in [2.75, 3.05) is 17.7 Å². The van der Waals surface area contributed by atoms with Gasteiger partial charge in [-0.25, -0.2) is 9.48 Å². The van der Waals surface area contributed by atoms with E-state index in [0.29, 0.717) is 47.1 Å². The number of thioether (sulfide) groups is 1. The average molecular weight is 551 g/mol. The zero-order valence-electron chi connectivity index (χ0n) is 23.6. The Morgan fingerprint density at radius 3 is 2.54 bits per heavy atom. The second kappa shape index (κ2) is 13.1. The van der Waals surface area contributed by atoms with Gasteiger partial charge < -0.3 is 19.5 Å². The predicted octanol–water partition coefficient (Wildman–Crippen LogP) is 6.70. The number of carbonyl (C=O) groups is 1. The number of anilines is 1. The first-order valence-corrected chi connectivity index (χ1v) is 14.5. The van der Waals surface area contributed by atoms with Gasteiger partial charge in [0.2, 0.25) is 11.1 Å². The van der Waals surface area contributed by atoms with Gasteiger partial charge in [0.1, 0.15) is 12.6 Å². The highest BCUT2D eigenvalue weighted by atomic mass is 32.2. The van der Waals surface area contributed by atoms with E-state index < -0.39 is 6.04 Å². The number of rotatable bonds is 12. The molecule has 8 nitrogen and oxygen atoms in total. The third-order valence-electron chi connectivity index (χ3n) is 6.22. The zero-order valence-corrected chi connectivity index (χ0v) is 24.4. The van der Waals surface area contributed by atoms with Gasteiger partial charge in [0.15, 0.2) is 11.5 Å². The Morgan fingerprint density at radius 2 is 1.85 bits per heavy atom. The van der Waals surface area contributed by atoms with E-state index in [1.807, 2.05) is 45.9 Å². The number of aromatic nitrogens is 3. The number of unbranched alkanes of at least 4 members (excludes halogenated alkanes) is 1. The summed E-state index contributed by atoms with van der Waals surface area (Å²) >= 11 is 1.61. The van der Waals surface area contributed by atoms with Gasteiger partial charge in [-0.2, -0.15) is 4.98 Å². The maximum atomic E-state index is 13.3. The molecule has 0 saturated carbocycles. The van der Waals surface area contributed by atoms with Crippen LogP contribution < -0.4 is 14.8 Å². The number of allylic oxidation sites excluding steroid dienone is 1. The molecule has 0 bridgehead atoms. The van der Waals surface area contributed by atoms with E-state index in [-0.39, 0.29) is 12.1 Å². The topological polar surface area (TPSA) is 87.5 Å². The van der Waals surface area contributed by atoms with Crippen molar-refractivity contribution >= 4 is 23.7 Å². The Labute approximate surface area is 235 Å². The summed E-state index contributed by atoms with van der Waals surface area (Å²) in [6, 6.07) is 13.5. The van der Waals surface area contributed by atoms with E-state index in [1.165, 1.54) is 5.56 Å². The van der Waals surface area contributed by atoms with Crippen molar-refractivity contribution in [2.45, 2.75) is 78.3 Å². The van der Waals surface area contributed by atoms with E-state index in [4.69, 9.17) is 24.3 Å². The van der Waals surface area contributed by atoms with Crippen LogP contribution in [0, 0.1) is 6.92 Å². The van der Waals surface area contributed by atoms with Gasteiger partial charge in [0, 0.05) is 11.4 Å². The van der Waals surface area contributed by atoms with Crippen LogP contribution in [-0.2, 0) is 16.1 Å². The van der Waals surface area contributed by atoms with Crippen molar-refractivity contribution in [3.63, 3.8) is 0 Å². The van der Waals surface area contributed by atoms with E-state index in [0.717, 1.165) is 29.7 Å². The number of fused-ring (bicyclic) bond motifs is 1. The molecule has 9 heteroatoms. The molecule has 3 aromatic rings. The number of aryl methyl sites for hydroxylation is 1. The van der Waals surface area contributed by atoms with Gasteiger partial charge in [-0.1, -0.05) is 61.0 Å². The first kappa shape index (κ1) is 28.5. The Bertz CT molecular complexity index is 1320. The van der Waals surface area contributed by atoms with E-state index in [9.17, 15) is 4.79 Å². The number of hydrogen-bond donors (Lipinski definition) is 1. The maximum absolute atomic E-state index is 13.3. The zero-order chi connectivity index (χ0) is 27.9. The molecule has 1 unspecified atom stereocenters. The van der Waals surface area contributed by atoms with Crippen LogP contribution in [0.15, 0.2) is 58.9 Å². The number of ether oxygens (including phenoxy) is 3. The third kappa shape index (κ3) is 6.95. The van der Waals surface area contributed by atoms with Crippen LogP contribution in [0.25, 0.3) is 0 Å². The van der Waals surface area contributed by atoms with Crippen LogP contribution in [0.1, 0.15) is 70.2 Å². The lowest BCUT2D eigenvalue weighted by Gasteiger charge is -2.29. The molecule has 208 valence electrons. The molecule has 0 amide bonds. The Kier molecular flexibility index (Phi) is 9.56. The minimum atomic E-state index is -0.536. The highest BCUT2D eigenvalue weighted by molar-refractivity contribution is 7.99. The molecule has 4 rings (SSSR count). The molecule has 0 aliphatic carbocycles. The van der Waals surface area contributed by atoms with Crippen LogP contribution in [0.3, 0.4) is 0 Å². The molecule has 2 aromatic carbocycles. The second-order valence-corrected chi connectivity index (χ2v) is 10.9. The first-order valence-electron chi connectivity index (χ1n) is 13.5. The standard InChI is InChI=1S/C30H38N4O4S/c1-7-9-16-39-30-32-29-31-21(6)26(28(35)38-19(3)4)27(34(29)33-30)23-14-15-24(25(17-23)36-8-2)37-18-22-12-10-20(5)11-13-22/h10-15,17,19,27H,7-9,16,18H2,1-6H3,(H,31,32,33). The molecule has 1 aromatic heterocycles. The lowest BCUT2D eigenvalue weighted by molar-refractivity contribution is -0.143. The van der Waals surface area contributed by atoms with Crippen LogP contribution in [0.5, 0.6) is 11.5 Å². The van der Waals surface area contributed by atoms with Gasteiger partial charge in [-0.3, -0.25) is 0 Å². The highest BCUT2D eigenvalue weighted by Crippen LogP contribution is 2.40. The van der Waals surface area contributed by atoms with Crippen LogP contribution >= 0.6 is 11.8 Å². The highest BCUT2D eigenvalue weighted by Gasteiger charge is 2.36. The monoisotopic (exact) mass is 550 g/mol. The SMILES string of the molecule is CCCCSc1nc2n(n1)C(c1ccc(OCc3ccc(C)cc3)c(OCC)c1)C(C(=O)OC(C)C)=C(C)N2. The molecule has 0 radical (unpaired) electrons. The molecule has 1 aliphatic heterocycles. The smallest absolute Gasteiger partial charge is 0.338 e. The summed E-state index contributed by atoms with van der Waals surface area (Å²) in [6.45, 7) is 12.6. The molecule has 39 heavy (non-hydrogen) atoms. The van der Waals surface area contributed by atoms with E-state index >= 15 is 0 Å². The average Bonchev–Trinajstić information content (AvgIpc) is 3.30. The van der Waals surface area contributed by atoms with Crippen molar-refractivity contribution in [1.29, 1.82) is 0 Å². The summed E-state index contributed by atoms with van der Waals surface area (Å²) in [5, 5.41) is 8.74. The fourth-order valence-corrected chi connectivity index (χ4v) is 5.19. The van der Waals surface area contributed by atoms with Crippen LogP contribution in [0.2, 0.25) is 0 Å². The van der Waals surface area contributed by atoms with Crippen molar-refractivity contribution in [2.24, 2.45) is 0 Å². The Hall–Kier alpha value is -3.46. The lowest BCUT2D eigenvalue weighted by atomic mass is 9.95. The summed E-state index contributed by atoms with van der Waals surface area (Å²) in [5.41, 5.74) is 4.28. The lowest BCUT2D eigenvalue weighted by Crippen LogP contribution is -2.30. The summed E-state index contributed by atoms with van der Waals surface area (Å²) in [6.07, 6.45) is 1.93. The predicted molar refractivity (Wildman–Crippen MR) is 154 cm³/mol. The molecule has 1 atom stereocenters. The second-order valence-electron chi connectivity index (χ2n) is 9.80. The number of benzene rings is 2. The fourth-order valence-electron chi connectivity index (χ4n) is 4.28. The minimum absolute atomic E-state index is 0.257. The van der Waals surface area contributed by atoms with Gasteiger partial charge in [0.05, 0.1) is 18.3 Å². The molecule has 1 aliphatic rings. The molecular weight excluding hydrogens is 512 g/mol. The van der Waals surface area contributed by atoms with Crippen molar-refractivity contribution < 1.29 is 19.0 Å². The Balaban J connectivity index is 1.71. The molecule has 1 N–H and O–H groups in total. The number of nitrogens with one attached hydrogen (secondary N) is 1. The summed E-state index contributed by atoms with van der Waals surface area (Å²) in [7, 11) is 0. The van der Waals surface area contributed by atoms with Crippen molar-refractivity contribution in [3.05, 3.63) is 70.4 Å². The third-order valence-corrected chi connectivity index (χ3v) is 7.15. The van der Waals surface area contributed by atoms with E-state index in [2.05, 4.69) is 43.4 Å². The van der Waals surface area contributed by atoms with Gasteiger partial charge in [-0.15, -0.1) is 5.10 Å². The number of hydrogen-bond acceptors (Lipinski definition) is 8. The minimum Gasteiger partial charge on any atom is -0.490 e. The summed E-state index contributed by atoms with van der Waals surface area (Å²) < 4.78 is 19.6. The van der Waals surface area contributed by atoms with Crippen molar-refractivity contribution in [3.8, 4) is 11.5 Å². The molecule has 0 spiro atoms. The maximum Gasteiger partial charge on any atom is 0.338 e. The fraction of sp³-hybridized carbons (Fsp3) is 0.433. The molecule has 0 fully saturated rings. The number of carbonyl (C=O) groups excluding carboxylic acids is 1. The van der Waals surface area contributed by atoms with Crippen LogP contribution in [0.4, 0.5) is 5.95 Å². The summed E-state index contributed by atoms with van der Waals surface area (Å²) in [5.74, 6) is 2.38. The first-order chi connectivity index (χ1) is 18.8. The largest absolute Gasteiger partial charge is 0.490 e. The van der Waals surface area contributed by atoms with Gasteiger partial charge in [-0.05, 0) is 64.3 Å². The van der Waals surface area contributed by atoms with Crippen LogP contribution in [-0.4, -0.2) is 39.2 Å². The molecule has 2 heterocycles. The number of nitrogens with zero attached hydrogens (tertiary/aromatic N) is 3. The quantitative estimate of drug-likeness (QED) is 0.151. The Morgan fingerprint density at radius 1 is 1.08 bits per heavy atom. The van der Waals surface area contributed by atoms with Gasteiger partial charge >= 0.3 is 5.97 Å². The summed E-state index contributed by atoms with van der Waals surface area (Å²) in [4.78, 5) is 18.1. The van der Waals surface area contributed by atoms with Crippen molar-refractivity contribution in [1.82, 2.24) is 14.8 Å². The normalized spacial score (nSPS) is 14.7. The van der Waals surface area contributed by atoms with E-state index in [1.54, 1.807) is 16.4 Å². The van der Waals surface area contributed by atoms with Gasteiger partial charge in [0.25, 0.3) is 0 Å². The molecule has 0 saturated heterocycles. The number of esters is 1.